The van der Waals surface area contributed by atoms with Crippen LogP contribution in [0.1, 0.15) is 46.8 Å². The van der Waals surface area contributed by atoms with Gasteiger partial charge in [0.2, 0.25) is 0 Å². The lowest BCUT2D eigenvalue weighted by Gasteiger charge is -2.18. The van der Waals surface area contributed by atoms with Gasteiger partial charge in [-0.1, -0.05) is 61.0 Å². The molecule has 0 radical (unpaired) electrons. The van der Waals surface area contributed by atoms with Crippen LogP contribution in [0.5, 0.6) is 0 Å². The maximum Gasteiger partial charge on any atom is 0.251 e. The van der Waals surface area contributed by atoms with Crippen LogP contribution in [0, 0.1) is 0 Å². The smallest absolute Gasteiger partial charge is 0.251 e. The van der Waals surface area contributed by atoms with Crippen molar-refractivity contribution in [3.63, 3.8) is 0 Å². The summed E-state index contributed by atoms with van der Waals surface area (Å²) in [5, 5.41) is 3.78. The molecule has 1 N–H and O–H groups in total. The molecule has 0 saturated carbocycles. The van der Waals surface area contributed by atoms with E-state index in [9.17, 15) is 4.79 Å². The summed E-state index contributed by atoms with van der Waals surface area (Å²) < 4.78 is 0. The summed E-state index contributed by atoms with van der Waals surface area (Å²) in [5.74, 6) is -0.0333. The van der Waals surface area contributed by atoms with E-state index in [1.165, 1.54) is 42.6 Å². The van der Waals surface area contributed by atoms with Gasteiger partial charge in [-0.05, 0) is 90.9 Å². The molecule has 4 rings (SSSR count). The van der Waals surface area contributed by atoms with Crippen LogP contribution in [-0.4, -0.2) is 30.4 Å². The summed E-state index contributed by atoms with van der Waals surface area (Å²) in [4.78, 5) is 15.1. The quantitative estimate of drug-likeness (QED) is 0.450. The first-order valence-electron chi connectivity index (χ1n) is 11.6. The highest BCUT2D eigenvalue weighted by Gasteiger charge is 2.14. The molecule has 1 heterocycles. The first kappa shape index (κ1) is 22.6. The number of rotatable bonds is 8. The average Bonchev–Trinajstić information content (AvgIpc) is 3.33. The number of nitrogens with zero attached hydrogens (tertiary/aromatic N) is 1. The molecule has 0 aromatic heterocycles. The van der Waals surface area contributed by atoms with Gasteiger partial charge in [0.05, 0.1) is 0 Å². The normalized spacial score (nSPS) is 13.9. The van der Waals surface area contributed by atoms with Crippen molar-refractivity contribution in [3.8, 4) is 11.1 Å². The Morgan fingerprint density at radius 2 is 1.56 bits per heavy atom. The summed E-state index contributed by atoms with van der Waals surface area (Å²) in [6, 6.07) is 22.2. The number of halogens is 1. The lowest BCUT2D eigenvalue weighted by molar-refractivity contribution is 0.0954. The number of amides is 1. The second kappa shape index (κ2) is 10.8. The first-order valence-corrected chi connectivity index (χ1v) is 12.0. The van der Waals surface area contributed by atoms with Crippen LogP contribution >= 0.6 is 11.6 Å². The molecular weight excluding hydrogens is 416 g/mol. The molecule has 0 unspecified atom stereocenters. The van der Waals surface area contributed by atoms with Crippen molar-refractivity contribution in [2.45, 2.75) is 39.2 Å². The molecule has 3 aromatic carbocycles. The Morgan fingerprint density at radius 3 is 2.22 bits per heavy atom. The number of benzene rings is 3. The number of likely N-dealkylation sites (tertiary alicyclic amines) is 1. The van der Waals surface area contributed by atoms with Crippen molar-refractivity contribution in [3.05, 3.63) is 94.0 Å². The van der Waals surface area contributed by atoms with Crippen molar-refractivity contribution in [2.24, 2.45) is 0 Å². The zero-order valence-electron chi connectivity index (χ0n) is 18.7. The van der Waals surface area contributed by atoms with Crippen LogP contribution in [0.2, 0.25) is 5.02 Å². The van der Waals surface area contributed by atoms with E-state index in [0.29, 0.717) is 12.1 Å². The molecule has 4 heteroatoms. The maximum absolute atomic E-state index is 12.6. The van der Waals surface area contributed by atoms with Gasteiger partial charge in [-0.15, -0.1) is 0 Å². The Balaban J connectivity index is 1.30. The lowest BCUT2D eigenvalue weighted by Crippen LogP contribution is -2.25. The van der Waals surface area contributed by atoms with Crippen molar-refractivity contribution in [1.82, 2.24) is 10.2 Å². The predicted molar refractivity (Wildman–Crippen MR) is 133 cm³/mol. The molecule has 1 amide bonds. The Bertz CT molecular complexity index is 1040. The fourth-order valence-corrected chi connectivity index (χ4v) is 4.50. The van der Waals surface area contributed by atoms with Gasteiger partial charge in [0.1, 0.15) is 0 Å². The third-order valence-electron chi connectivity index (χ3n) is 6.27. The molecule has 1 aliphatic heterocycles. The van der Waals surface area contributed by atoms with Gasteiger partial charge in [-0.3, -0.25) is 9.69 Å². The van der Waals surface area contributed by atoms with E-state index in [-0.39, 0.29) is 5.91 Å². The van der Waals surface area contributed by atoms with Crippen LogP contribution in [0.4, 0.5) is 0 Å². The molecule has 0 bridgehead atoms. The monoisotopic (exact) mass is 446 g/mol. The molecule has 1 aliphatic rings. The molecular formula is C28H31ClN2O. The van der Waals surface area contributed by atoms with Gasteiger partial charge < -0.3 is 5.32 Å². The van der Waals surface area contributed by atoms with Gasteiger partial charge in [0.25, 0.3) is 5.91 Å². The Kier molecular flexibility index (Phi) is 7.62. The number of hydrogen-bond donors (Lipinski definition) is 1. The molecule has 0 aliphatic carbocycles. The molecule has 0 spiro atoms. The Hall–Kier alpha value is -2.62. The topological polar surface area (TPSA) is 32.3 Å². The summed E-state index contributed by atoms with van der Waals surface area (Å²) in [6.07, 6.45) is 4.53. The standard InChI is InChI=1S/C28H31ClN2O/c1-2-22-19-21(5-6-26(22)20-31-17-3-4-18-31)15-16-30-28(32)25-9-7-23(8-10-25)24-11-13-27(29)14-12-24/h5-14,19H,2-4,15-18,20H2,1H3,(H,30,32). The van der Waals surface area contributed by atoms with Crippen LogP contribution in [0.15, 0.2) is 66.7 Å². The zero-order valence-corrected chi connectivity index (χ0v) is 19.5. The minimum absolute atomic E-state index is 0.0333. The number of carbonyl (C=O) groups is 1. The van der Waals surface area contributed by atoms with Crippen molar-refractivity contribution in [1.29, 1.82) is 0 Å². The highest BCUT2D eigenvalue weighted by atomic mass is 35.5. The maximum atomic E-state index is 12.6. The molecule has 1 saturated heterocycles. The molecule has 32 heavy (non-hydrogen) atoms. The van der Waals surface area contributed by atoms with Crippen LogP contribution in [-0.2, 0) is 19.4 Å². The van der Waals surface area contributed by atoms with Gasteiger partial charge in [0.15, 0.2) is 0 Å². The second-order valence-corrected chi connectivity index (χ2v) is 8.97. The number of nitrogens with one attached hydrogen (secondary N) is 1. The first-order chi connectivity index (χ1) is 15.6. The zero-order chi connectivity index (χ0) is 22.3. The van der Waals surface area contributed by atoms with E-state index in [1.54, 1.807) is 0 Å². The molecule has 166 valence electrons. The third kappa shape index (κ3) is 5.79. The van der Waals surface area contributed by atoms with Crippen molar-refractivity contribution in [2.75, 3.05) is 19.6 Å². The molecule has 1 fully saturated rings. The SMILES string of the molecule is CCc1cc(CCNC(=O)c2ccc(-c3ccc(Cl)cc3)cc2)ccc1CN1CCCC1. The third-order valence-corrected chi connectivity index (χ3v) is 6.52. The highest BCUT2D eigenvalue weighted by molar-refractivity contribution is 6.30. The Labute approximate surface area is 196 Å². The fraction of sp³-hybridized carbons (Fsp3) is 0.321. The van der Waals surface area contributed by atoms with Gasteiger partial charge in [-0.25, -0.2) is 0 Å². The van der Waals surface area contributed by atoms with Crippen LogP contribution in [0.25, 0.3) is 11.1 Å². The van der Waals surface area contributed by atoms with E-state index >= 15 is 0 Å². The van der Waals surface area contributed by atoms with Crippen molar-refractivity contribution < 1.29 is 4.79 Å². The molecule has 3 nitrogen and oxygen atoms in total. The molecule has 0 atom stereocenters. The summed E-state index contributed by atoms with van der Waals surface area (Å²) in [5.41, 5.74) is 6.99. The van der Waals surface area contributed by atoms with Crippen LogP contribution < -0.4 is 5.32 Å². The van der Waals surface area contributed by atoms with Crippen LogP contribution in [0.3, 0.4) is 0 Å². The van der Waals surface area contributed by atoms with Gasteiger partial charge in [0, 0.05) is 23.7 Å². The number of hydrogen-bond acceptors (Lipinski definition) is 2. The molecule has 3 aromatic rings. The lowest BCUT2D eigenvalue weighted by atomic mass is 10.00. The predicted octanol–water partition coefficient (Wildman–Crippen LogP) is 6.14. The highest BCUT2D eigenvalue weighted by Crippen LogP contribution is 2.22. The van der Waals surface area contributed by atoms with Crippen molar-refractivity contribution >= 4 is 17.5 Å². The van der Waals surface area contributed by atoms with E-state index in [4.69, 9.17) is 11.6 Å². The summed E-state index contributed by atoms with van der Waals surface area (Å²) in [7, 11) is 0. The van der Waals surface area contributed by atoms with E-state index in [1.807, 2.05) is 48.5 Å². The van der Waals surface area contributed by atoms with Gasteiger partial charge >= 0.3 is 0 Å². The number of carbonyl (C=O) groups excluding carboxylic acids is 1. The summed E-state index contributed by atoms with van der Waals surface area (Å²) >= 11 is 5.96. The van der Waals surface area contributed by atoms with E-state index in [2.05, 4.69) is 35.3 Å². The minimum atomic E-state index is -0.0333. The fourth-order valence-electron chi connectivity index (χ4n) is 4.38. The second-order valence-electron chi connectivity index (χ2n) is 8.53. The summed E-state index contributed by atoms with van der Waals surface area (Å²) in [6.45, 7) is 6.36. The Morgan fingerprint density at radius 1 is 0.906 bits per heavy atom. The minimum Gasteiger partial charge on any atom is -0.352 e. The van der Waals surface area contributed by atoms with E-state index in [0.717, 1.165) is 35.5 Å². The largest absolute Gasteiger partial charge is 0.352 e. The van der Waals surface area contributed by atoms with E-state index < -0.39 is 0 Å². The number of aryl methyl sites for hydroxylation is 1. The average molecular weight is 447 g/mol. The van der Waals surface area contributed by atoms with Gasteiger partial charge in [-0.2, -0.15) is 0 Å².